The van der Waals surface area contributed by atoms with E-state index in [4.69, 9.17) is 14.2 Å². The molecule has 1 amide bonds. The monoisotopic (exact) mass is 578 g/mol. The van der Waals surface area contributed by atoms with Gasteiger partial charge in [0.25, 0.3) is 5.78 Å². The van der Waals surface area contributed by atoms with Crippen LogP contribution >= 0.6 is 11.3 Å². The lowest BCUT2D eigenvalue weighted by molar-refractivity contribution is -0.132. The van der Waals surface area contributed by atoms with Crippen molar-refractivity contribution in [2.24, 2.45) is 0 Å². The molecule has 1 unspecified atom stereocenters. The number of aromatic nitrogens is 1. The van der Waals surface area contributed by atoms with E-state index in [0.717, 1.165) is 22.7 Å². The Labute approximate surface area is 241 Å². The zero-order valence-corrected chi connectivity index (χ0v) is 23.7. The molecule has 1 aliphatic rings. The first-order valence-electron chi connectivity index (χ1n) is 13.0. The highest BCUT2D eigenvalue weighted by atomic mass is 32.1. The Morgan fingerprint density at radius 1 is 1.17 bits per heavy atom. The fourth-order valence-corrected chi connectivity index (χ4v) is 5.29. The number of aliphatic hydroxyl groups is 1. The first kappa shape index (κ1) is 29.3. The van der Waals surface area contributed by atoms with Gasteiger partial charge in [-0.1, -0.05) is 49.1 Å². The van der Waals surface area contributed by atoms with Crippen molar-refractivity contribution in [3.8, 4) is 17.2 Å². The lowest BCUT2D eigenvalue weighted by Crippen LogP contribution is -2.29. The predicted octanol–water partition coefficient (Wildman–Crippen LogP) is 5.31. The van der Waals surface area contributed by atoms with E-state index in [-0.39, 0.29) is 45.9 Å². The largest absolute Gasteiger partial charge is 0.507 e. The Balaban J connectivity index is 1.90. The minimum absolute atomic E-state index is 0.00916. The van der Waals surface area contributed by atoms with E-state index in [1.165, 1.54) is 24.3 Å². The number of amides is 1. The number of esters is 1. The number of rotatable bonds is 11. The number of aromatic hydroxyl groups is 1. The number of Topliss-reactive ketones (excluding diaryl/α,β-unsaturated/α-hetero) is 1. The van der Waals surface area contributed by atoms with E-state index >= 15 is 0 Å². The third kappa shape index (κ3) is 5.94. The van der Waals surface area contributed by atoms with Crippen molar-refractivity contribution in [1.29, 1.82) is 0 Å². The Kier molecular flexibility index (Phi) is 9.08. The van der Waals surface area contributed by atoms with E-state index in [9.17, 15) is 24.6 Å². The van der Waals surface area contributed by atoms with Crippen LogP contribution in [0.1, 0.15) is 52.8 Å². The van der Waals surface area contributed by atoms with Crippen molar-refractivity contribution < 1.29 is 38.8 Å². The van der Waals surface area contributed by atoms with E-state index < -0.39 is 29.5 Å². The lowest BCUT2D eigenvalue weighted by Gasteiger charge is -2.23. The van der Waals surface area contributed by atoms with Crippen molar-refractivity contribution in [3.05, 3.63) is 82.4 Å². The summed E-state index contributed by atoms with van der Waals surface area (Å²) in [6, 6.07) is 9.82. The van der Waals surface area contributed by atoms with Gasteiger partial charge in [0.2, 0.25) is 0 Å². The molecule has 1 aromatic heterocycles. The molecular weight excluding hydrogens is 548 g/mol. The summed E-state index contributed by atoms with van der Waals surface area (Å²) in [4.78, 5) is 45.4. The number of carbonyl (C=O) groups excluding carboxylic acids is 3. The molecule has 3 aromatic rings. The van der Waals surface area contributed by atoms with Gasteiger partial charge in [-0.3, -0.25) is 14.5 Å². The molecule has 10 nitrogen and oxygen atoms in total. The summed E-state index contributed by atoms with van der Waals surface area (Å²) < 4.78 is 16.4. The third-order valence-electron chi connectivity index (χ3n) is 6.13. The summed E-state index contributed by atoms with van der Waals surface area (Å²) in [5.74, 6) is -2.46. The number of ketones is 1. The number of aryl methyl sites for hydroxylation is 1. The fraction of sp³-hybridized carbons (Fsp3) is 0.267. The molecule has 2 aromatic carbocycles. The number of hydrogen-bond donors (Lipinski definition) is 2. The van der Waals surface area contributed by atoms with Gasteiger partial charge in [-0.15, -0.1) is 0 Å². The van der Waals surface area contributed by atoms with Gasteiger partial charge in [0.05, 0.1) is 30.5 Å². The van der Waals surface area contributed by atoms with Gasteiger partial charge in [0, 0.05) is 5.56 Å². The molecule has 0 aliphatic carbocycles. The molecule has 11 heteroatoms. The highest BCUT2D eigenvalue weighted by Gasteiger charge is 2.48. The molecule has 1 atom stereocenters. The highest BCUT2D eigenvalue weighted by molar-refractivity contribution is 7.17. The molecular formula is C30H30N2O8S. The van der Waals surface area contributed by atoms with Crippen LogP contribution in [0.2, 0.25) is 0 Å². The molecule has 0 bridgehead atoms. The molecule has 41 heavy (non-hydrogen) atoms. The Hall–Kier alpha value is -4.64. The number of anilines is 1. The maximum atomic E-state index is 13.5. The zero-order valence-electron chi connectivity index (χ0n) is 22.9. The van der Waals surface area contributed by atoms with E-state index in [1.807, 2.05) is 6.92 Å². The summed E-state index contributed by atoms with van der Waals surface area (Å²) in [7, 11) is 0. The number of phenolic OH excluding ortho intramolecular Hbond substituents is 1. The second-order valence-electron chi connectivity index (χ2n) is 9.00. The average Bonchev–Trinajstić information content (AvgIpc) is 3.47. The van der Waals surface area contributed by atoms with Crippen LogP contribution < -0.4 is 14.4 Å². The third-order valence-corrected chi connectivity index (χ3v) is 7.27. The predicted molar refractivity (Wildman–Crippen MR) is 154 cm³/mol. The van der Waals surface area contributed by atoms with Gasteiger partial charge in [-0.2, -0.15) is 0 Å². The molecule has 2 N–H and O–H groups in total. The van der Waals surface area contributed by atoms with Crippen molar-refractivity contribution in [2.75, 3.05) is 24.7 Å². The summed E-state index contributed by atoms with van der Waals surface area (Å²) in [5, 5.41) is 21.8. The number of carbonyl (C=O) groups is 3. The summed E-state index contributed by atoms with van der Waals surface area (Å²) >= 11 is 0.886. The molecule has 0 spiro atoms. The van der Waals surface area contributed by atoms with Crippen molar-refractivity contribution in [1.82, 2.24) is 4.98 Å². The number of phenols is 1. The van der Waals surface area contributed by atoms with Crippen LogP contribution in [0.25, 0.3) is 5.76 Å². The van der Waals surface area contributed by atoms with E-state index in [0.29, 0.717) is 23.6 Å². The van der Waals surface area contributed by atoms with Gasteiger partial charge in [0.1, 0.15) is 23.0 Å². The second-order valence-corrected chi connectivity index (χ2v) is 9.98. The number of hydrogen-bond acceptors (Lipinski definition) is 10. The van der Waals surface area contributed by atoms with Crippen LogP contribution in [0.4, 0.5) is 5.13 Å². The van der Waals surface area contributed by atoms with Crippen LogP contribution in [0.15, 0.2) is 60.7 Å². The van der Waals surface area contributed by atoms with Gasteiger partial charge in [-0.05, 0) is 50.1 Å². The van der Waals surface area contributed by atoms with E-state index in [1.54, 1.807) is 38.1 Å². The Morgan fingerprint density at radius 3 is 2.66 bits per heavy atom. The number of benzene rings is 2. The SMILES string of the molecule is C=CCOC(=O)c1sc(N2C(=O)C(=O)/C(=C(/O)c3cccc(OCCC)c3)C2c2ccc(O)c(OCC)c2)nc1C. The van der Waals surface area contributed by atoms with Gasteiger partial charge in [0.15, 0.2) is 16.6 Å². The molecule has 214 valence electrons. The number of aliphatic hydroxyl groups excluding tert-OH is 1. The minimum atomic E-state index is -1.15. The zero-order chi connectivity index (χ0) is 29.7. The topological polar surface area (TPSA) is 135 Å². The van der Waals surface area contributed by atoms with Crippen LogP contribution in [0.5, 0.6) is 17.2 Å². The molecule has 1 aliphatic heterocycles. The van der Waals surface area contributed by atoms with E-state index in [2.05, 4.69) is 11.6 Å². The molecule has 1 saturated heterocycles. The quantitative estimate of drug-likeness (QED) is 0.102. The maximum absolute atomic E-state index is 13.5. The number of thiazole rings is 1. The van der Waals surface area contributed by atoms with Gasteiger partial charge in [-0.25, -0.2) is 9.78 Å². The summed E-state index contributed by atoms with van der Waals surface area (Å²) in [6.07, 6.45) is 2.21. The smallest absolute Gasteiger partial charge is 0.350 e. The fourth-order valence-electron chi connectivity index (χ4n) is 4.30. The van der Waals surface area contributed by atoms with Crippen LogP contribution in [0, 0.1) is 6.92 Å². The highest BCUT2D eigenvalue weighted by Crippen LogP contribution is 2.45. The lowest BCUT2D eigenvalue weighted by atomic mass is 9.95. The van der Waals surface area contributed by atoms with Gasteiger partial charge < -0.3 is 24.4 Å². The van der Waals surface area contributed by atoms with Crippen LogP contribution in [-0.4, -0.2) is 52.7 Å². The maximum Gasteiger partial charge on any atom is 0.350 e. The second kappa shape index (κ2) is 12.7. The molecule has 2 heterocycles. The standard InChI is InChI=1S/C30H30N2O8S/c1-5-13-39-20-10-8-9-19(15-20)25(34)23-24(18-11-12-21(33)22(16-18)38-7-3)32(28(36)26(23)35)30-31-17(4)27(41-30)29(37)40-14-6-2/h6,8-12,15-16,24,33-34H,2,5,7,13-14H2,1,3-4H3/b25-23+. The van der Waals surface area contributed by atoms with Crippen LogP contribution in [-0.2, 0) is 14.3 Å². The molecule has 0 radical (unpaired) electrons. The molecule has 0 saturated carbocycles. The van der Waals surface area contributed by atoms with Gasteiger partial charge >= 0.3 is 11.9 Å². The first-order chi connectivity index (χ1) is 19.7. The van der Waals surface area contributed by atoms with Crippen molar-refractivity contribution in [2.45, 2.75) is 33.2 Å². The average molecular weight is 579 g/mol. The Morgan fingerprint density at radius 2 is 1.95 bits per heavy atom. The minimum Gasteiger partial charge on any atom is -0.507 e. The number of ether oxygens (including phenoxy) is 3. The Bertz CT molecular complexity index is 1530. The van der Waals surface area contributed by atoms with Crippen molar-refractivity contribution >= 4 is 39.9 Å². The first-order valence-corrected chi connectivity index (χ1v) is 13.8. The molecule has 1 fully saturated rings. The van der Waals surface area contributed by atoms with Crippen molar-refractivity contribution in [3.63, 3.8) is 0 Å². The van der Waals surface area contributed by atoms with Crippen LogP contribution in [0.3, 0.4) is 0 Å². The molecule has 4 rings (SSSR count). The summed E-state index contributed by atoms with van der Waals surface area (Å²) in [5.41, 5.74) is 0.754. The number of nitrogens with zero attached hydrogens (tertiary/aromatic N) is 2. The normalized spacial score (nSPS) is 16.1. The summed E-state index contributed by atoms with van der Waals surface area (Å²) in [6.45, 7) is 9.54.